The maximum Gasteiger partial charge on any atom is 0.191 e. The van der Waals surface area contributed by atoms with E-state index in [9.17, 15) is 0 Å². The van der Waals surface area contributed by atoms with E-state index in [1.807, 2.05) is 16.9 Å². The molecule has 5 heteroatoms. The largest absolute Gasteiger partial charge is 0.357 e. The molecule has 1 heterocycles. The molecule has 1 aliphatic rings. The lowest BCUT2D eigenvalue weighted by Gasteiger charge is -2.11. The van der Waals surface area contributed by atoms with E-state index in [1.54, 1.807) is 6.20 Å². The molecule has 1 saturated carbocycles. The summed E-state index contributed by atoms with van der Waals surface area (Å²) in [6, 6.07) is 1.94. The molecule has 0 unspecified atom stereocenters. The average molecular weight is 235 g/mol. The zero-order valence-electron chi connectivity index (χ0n) is 10.4. The van der Waals surface area contributed by atoms with Gasteiger partial charge in [0.15, 0.2) is 5.96 Å². The fourth-order valence-corrected chi connectivity index (χ4v) is 1.58. The first-order valence-electron chi connectivity index (χ1n) is 6.38. The van der Waals surface area contributed by atoms with Crippen LogP contribution in [0.1, 0.15) is 19.8 Å². The van der Waals surface area contributed by atoms with Crippen molar-refractivity contribution in [1.29, 1.82) is 0 Å². The van der Waals surface area contributed by atoms with E-state index in [-0.39, 0.29) is 0 Å². The number of hydrogen-bond acceptors (Lipinski definition) is 2. The van der Waals surface area contributed by atoms with Crippen LogP contribution in [-0.2, 0) is 6.54 Å². The lowest BCUT2D eigenvalue weighted by atomic mass is 10.4. The lowest BCUT2D eigenvalue weighted by molar-refractivity contribution is 0.597. The zero-order chi connectivity index (χ0) is 11.9. The minimum Gasteiger partial charge on any atom is -0.357 e. The summed E-state index contributed by atoms with van der Waals surface area (Å²) in [6.45, 7) is 5.65. The Balaban J connectivity index is 1.70. The summed E-state index contributed by atoms with van der Waals surface area (Å²) in [6.07, 6.45) is 6.45. The van der Waals surface area contributed by atoms with Crippen molar-refractivity contribution in [3.8, 4) is 0 Å². The van der Waals surface area contributed by atoms with Gasteiger partial charge in [-0.1, -0.05) is 0 Å². The Kier molecular flexibility index (Phi) is 4.41. The van der Waals surface area contributed by atoms with Gasteiger partial charge < -0.3 is 10.6 Å². The van der Waals surface area contributed by atoms with Gasteiger partial charge in [0.25, 0.3) is 0 Å². The Hall–Kier alpha value is -1.52. The first kappa shape index (κ1) is 12.0. The third kappa shape index (κ3) is 4.46. The Morgan fingerprint density at radius 3 is 3.00 bits per heavy atom. The van der Waals surface area contributed by atoms with Crippen molar-refractivity contribution in [1.82, 2.24) is 20.4 Å². The van der Waals surface area contributed by atoms with Crippen molar-refractivity contribution < 1.29 is 0 Å². The molecule has 17 heavy (non-hydrogen) atoms. The van der Waals surface area contributed by atoms with Crippen molar-refractivity contribution in [2.45, 2.75) is 26.3 Å². The molecule has 1 aromatic rings. The number of aliphatic imine (C=N–C) groups is 1. The highest BCUT2D eigenvalue weighted by Crippen LogP contribution is 2.28. The minimum absolute atomic E-state index is 0.830. The van der Waals surface area contributed by atoms with E-state index in [1.165, 1.54) is 12.8 Å². The van der Waals surface area contributed by atoms with Crippen LogP contribution in [0.3, 0.4) is 0 Å². The molecule has 1 aliphatic carbocycles. The van der Waals surface area contributed by atoms with Crippen LogP contribution in [-0.4, -0.2) is 35.4 Å². The van der Waals surface area contributed by atoms with Crippen molar-refractivity contribution in [2.75, 3.05) is 19.6 Å². The summed E-state index contributed by atoms with van der Waals surface area (Å²) >= 11 is 0. The molecule has 0 bridgehead atoms. The SMILES string of the molecule is CCNC(=NCC1CC1)NCCn1cccn1. The predicted molar refractivity (Wildman–Crippen MR) is 68.9 cm³/mol. The number of guanidine groups is 1. The number of nitrogens with one attached hydrogen (secondary N) is 2. The van der Waals surface area contributed by atoms with Crippen LogP contribution >= 0.6 is 0 Å². The molecule has 0 aliphatic heterocycles. The molecule has 1 aromatic heterocycles. The Morgan fingerprint density at radius 1 is 1.47 bits per heavy atom. The molecule has 0 saturated heterocycles. The van der Waals surface area contributed by atoms with Crippen LogP contribution in [0.5, 0.6) is 0 Å². The molecular formula is C12H21N5. The molecular weight excluding hydrogens is 214 g/mol. The fourth-order valence-electron chi connectivity index (χ4n) is 1.58. The Morgan fingerprint density at radius 2 is 2.35 bits per heavy atom. The smallest absolute Gasteiger partial charge is 0.191 e. The van der Waals surface area contributed by atoms with E-state index in [2.05, 4.69) is 27.6 Å². The van der Waals surface area contributed by atoms with Crippen LogP contribution in [0.15, 0.2) is 23.5 Å². The molecule has 0 radical (unpaired) electrons. The third-order valence-electron chi connectivity index (χ3n) is 2.74. The van der Waals surface area contributed by atoms with Crippen LogP contribution in [0.2, 0.25) is 0 Å². The van der Waals surface area contributed by atoms with E-state index in [4.69, 9.17) is 0 Å². The zero-order valence-corrected chi connectivity index (χ0v) is 10.4. The van der Waals surface area contributed by atoms with Gasteiger partial charge >= 0.3 is 0 Å². The number of rotatable bonds is 6. The fraction of sp³-hybridized carbons (Fsp3) is 0.667. The molecule has 0 atom stereocenters. The van der Waals surface area contributed by atoms with Crippen molar-refractivity contribution >= 4 is 5.96 Å². The normalized spacial score (nSPS) is 15.9. The summed E-state index contributed by atoms with van der Waals surface area (Å²) in [5.41, 5.74) is 0. The molecule has 94 valence electrons. The molecule has 2 N–H and O–H groups in total. The van der Waals surface area contributed by atoms with Gasteiger partial charge in [-0.05, 0) is 31.7 Å². The second kappa shape index (κ2) is 6.27. The average Bonchev–Trinajstić information content (AvgIpc) is 3.02. The van der Waals surface area contributed by atoms with Gasteiger partial charge in [-0.3, -0.25) is 9.67 Å². The highest BCUT2D eigenvalue weighted by molar-refractivity contribution is 5.79. The number of nitrogens with zero attached hydrogens (tertiary/aromatic N) is 3. The summed E-state index contributed by atoms with van der Waals surface area (Å²) < 4.78 is 1.91. The summed E-state index contributed by atoms with van der Waals surface area (Å²) in [4.78, 5) is 4.56. The highest BCUT2D eigenvalue weighted by atomic mass is 15.3. The molecule has 0 aromatic carbocycles. The summed E-state index contributed by atoms with van der Waals surface area (Å²) in [5, 5.41) is 10.7. The summed E-state index contributed by atoms with van der Waals surface area (Å²) in [7, 11) is 0. The highest BCUT2D eigenvalue weighted by Gasteiger charge is 2.20. The van der Waals surface area contributed by atoms with Crippen LogP contribution in [0.25, 0.3) is 0 Å². The van der Waals surface area contributed by atoms with Crippen molar-refractivity contribution in [3.63, 3.8) is 0 Å². The van der Waals surface area contributed by atoms with Gasteiger partial charge in [0.2, 0.25) is 0 Å². The molecule has 5 nitrogen and oxygen atoms in total. The van der Waals surface area contributed by atoms with Gasteiger partial charge in [-0.15, -0.1) is 0 Å². The van der Waals surface area contributed by atoms with Gasteiger partial charge in [0, 0.05) is 32.0 Å². The first-order chi connectivity index (χ1) is 8.38. The van der Waals surface area contributed by atoms with Crippen LogP contribution in [0, 0.1) is 5.92 Å². The van der Waals surface area contributed by atoms with Gasteiger partial charge in [0.1, 0.15) is 0 Å². The minimum atomic E-state index is 0.830. The molecule has 0 amide bonds. The molecule has 1 fully saturated rings. The molecule has 0 spiro atoms. The number of hydrogen-bond donors (Lipinski definition) is 2. The van der Waals surface area contributed by atoms with Gasteiger partial charge in [0.05, 0.1) is 6.54 Å². The molecule has 2 rings (SSSR count). The maximum atomic E-state index is 4.56. The lowest BCUT2D eigenvalue weighted by Crippen LogP contribution is -2.39. The second-order valence-corrected chi connectivity index (χ2v) is 4.36. The predicted octanol–water partition coefficient (Wildman–Crippen LogP) is 0.848. The Bertz CT molecular complexity index is 340. The number of aromatic nitrogens is 2. The van der Waals surface area contributed by atoms with E-state index in [0.29, 0.717) is 0 Å². The maximum absolute atomic E-state index is 4.56. The quantitative estimate of drug-likeness (QED) is 0.568. The standard InChI is InChI=1S/C12H21N5/c1-2-13-12(15-10-11-4-5-11)14-7-9-17-8-3-6-16-17/h3,6,8,11H,2,4-5,7,9-10H2,1H3,(H2,13,14,15). The van der Waals surface area contributed by atoms with Crippen molar-refractivity contribution in [2.24, 2.45) is 10.9 Å². The van der Waals surface area contributed by atoms with Crippen molar-refractivity contribution in [3.05, 3.63) is 18.5 Å². The summed E-state index contributed by atoms with van der Waals surface area (Å²) in [5.74, 6) is 1.75. The van der Waals surface area contributed by atoms with Gasteiger partial charge in [-0.2, -0.15) is 5.10 Å². The van der Waals surface area contributed by atoms with Gasteiger partial charge in [-0.25, -0.2) is 0 Å². The topological polar surface area (TPSA) is 54.2 Å². The second-order valence-electron chi connectivity index (χ2n) is 4.36. The van der Waals surface area contributed by atoms with E-state index in [0.717, 1.165) is 38.1 Å². The van der Waals surface area contributed by atoms with E-state index >= 15 is 0 Å². The third-order valence-corrected chi connectivity index (χ3v) is 2.74. The van der Waals surface area contributed by atoms with E-state index < -0.39 is 0 Å². The van der Waals surface area contributed by atoms with Crippen LogP contribution in [0.4, 0.5) is 0 Å². The van der Waals surface area contributed by atoms with Crippen LogP contribution < -0.4 is 10.6 Å². The monoisotopic (exact) mass is 235 g/mol. The Labute approximate surface area is 102 Å². The first-order valence-corrected chi connectivity index (χ1v) is 6.38.